The van der Waals surface area contributed by atoms with Crippen molar-refractivity contribution >= 4 is 40.5 Å². The Kier molecular flexibility index (Phi) is 6.32. The molecule has 1 saturated heterocycles. The zero-order valence-electron chi connectivity index (χ0n) is 19.2. The molecule has 0 radical (unpaired) electrons. The summed E-state index contributed by atoms with van der Waals surface area (Å²) in [5.41, 5.74) is 1.59. The van der Waals surface area contributed by atoms with E-state index in [1.807, 2.05) is 65.4 Å². The van der Waals surface area contributed by atoms with Gasteiger partial charge in [0.1, 0.15) is 17.1 Å². The average Bonchev–Trinajstić information content (AvgIpc) is 3.23. The number of fused-ring (bicyclic) bond motifs is 1. The summed E-state index contributed by atoms with van der Waals surface area (Å²) in [4.78, 5) is 39.0. The van der Waals surface area contributed by atoms with Gasteiger partial charge in [-0.15, -0.1) is 0 Å². The van der Waals surface area contributed by atoms with E-state index in [0.717, 1.165) is 40.1 Å². The molecule has 5 rings (SSSR count). The molecule has 0 aliphatic carbocycles. The van der Waals surface area contributed by atoms with Crippen molar-refractivity contribution in [1.29, 1.82) is 0 Å². The minimum atomic E-state index is -0.880. The number of amides is 4. The summed E-state index contributed by atoms with van der Waals surface area (Å²) < 4.78 is 21.2. The minimum Gasteiger partial charge on any atom is -0.494 e. The molecule has 0 spiro atoms. The Morgan fingerprint density at radius 1 is 0.889 bits per heavy atom. The standard InChI is InChI=1S/C28H22FN3O4/c29-20-11-13-21(14-12-20)32-27(34)24(26(33)30-28(32)35)17-19-18-31(25-10-5-4-9-23(19)25)15-6-16-36-22-7-2-1-3-8-22/h1-5,7-14,17-18H,6,15-16H2,(H,30,33,35)/b24-17+. The quantitative estimate of drug-likeness (QED) is 0.230. The number of hydrogen-bond acceptors (Lipinski definition) is 4. The number of imide groups is 2. The maximum Gasteiger partial charge on any atom is 0.335 e. The molecule has 3 aromatic carbocycles. The number of nitrogens with zero attached hydrogens (tertiary/aromatic N) is 2. The minimum absolute atomic E-state index is 0.165. The van der Waals surface area contributed by atoms with Crippen LogP contribution in [0.3, 0.4) is 0 Å². The van der Waals surface area contributed by atoms with Crippen LogP contribution in [0.4, 0.5) is 14.9 Å². The lowest BCUT2D eigenvalue weighted by Gasteiger charge is -2.26. The van der Waals surface area contributed by atoms with Gasteiger partial charge in [0.2, 0.25) is 0 Å². The molecular weight excluding hydrogens is 461 g/mol. The third kappa shape index (κ3) is 4.61. The van der Waals surface area contributed by atoms with Crippen LogP contribution in [0.15, 0.2) is 90.6 Å². The van der Waals surface area contributed by atoms with Crippen LogP contribution in [0.2, 0.25) is 0 Å². The highest BCUT2D eigenvalue weighted by molar-refractivity contribution is 6.39. The number of carbonyl (C=O) groups is 3. The first kappa shape index (κ1) is 23.0. The molecule has 0 unspecified atom stereocenters. The highest BCUT2D eigenvalue weighted by atomic mass is 19.1. The van der Waals surface area contributed by atoms with Gasteiger partial charge in [0.15, 0.2) is 0 Å². The number of aromatic nitrogens is 1. The van der Waals surface area contributed by atoms with Gasteiger partial charge in [0, 0.05) is 29.2 Å². The second kappa shape index (κ2) is 9.87. The van der Waals surface area contributed by atoms with E-state index in [-0.39, 0.29) is 11.3 Å². The number of rotatable bonds is 7. The van der Waals surface area contributed by atoms with E-state index >= 15 is 0 Å². The van der Waals surface area contributed by atoms with Gasteiger partial charge in [-0.2, -0.15) is 0 Å². The summed E-state index contributed by atoms with van der Waals surface area (Å²) in [5, 5.41) is 3.06. The van der Waals surface area contributed by atoms with Gasteiger partial charge in [-0.1, -0.05) is 36.4 Å². The van der Waals surface area contributed by atoms with Crippen LogP contribution < -0.4 is 15.0 Å². The van der Waals surface area contributed by atoms with Crippen LogP contribution in [-0.4, -0.2) is 29.0 Å². The maximum atomic E-state index is 13.3. The highest BCUT2D eigenvalue weighted by Crippen LogP contribution is 2.27. The van der Waals surface area contributed by atoms with Crippen molar-refractivity contribution in [3.63, 3.8) is 0 Å². The summed E-state index contributed by atoms with van der Waals surface area (Å²) in [6.45, 7) is 1.19. The largest absolute Gasteiger partial charge is 0.494 e. The zero-order valence-corrected chi connectivity index (χ0v) is 19.2. The van der Waals surface area contributed by atoms with Crippen LogP contribution in [0, 0.1) is 5.82 Å². The molecule has 180 valence electrons. The second-order valence-electron chi connectivity index (χ2n) is 8.24. The van der Waals surface area contributed by atoms with Gasteiger partial charge in [0.25, 0.3) is 11.8 Å². The van der Waals surface area contributed by atoms with E-state index in [1.54, 1.807) is 0 Å². The Bertz CT molecular complexity index is 1480. The van der Waals surface area contributed by atoms with E-state index in [9.17, 15) is 18.8 Å². The Labute approximate surface area is 206 Å². The highest BCUT2D eigenvalue weighted by Gasteiger charge is 2.37. The van der Waals surface area contributed by atoms with E-state index < -0.39 is 23.7 Å². The first-order valence-corrected chi connectivity index (χ1v) is 11.4. The van der Waals surface area contributed by atoms with E-state index in [0.29, 0.717) is 18.7 Å². The average molecular weight is 483 g/mol. The predicted molar refractivity (Wildman–Crippen MR) is 134 cm³/mol. The lowest BCUT2D eigenvalue weighted by molar-refractivity contribution is -0.122. The van der Waals surface area contributed by atoms with Crippen LogP contribution in [-0.2, 0) is 16.1 Å². The number of aryl methyl sites for hydroxylation is 1. The SMILES string of the molecule is O=C1NC(=O)N(c2ccc(F)cc2)C(=O)/C1=C/c1cn(CCCOc2ccccc2)c2ccccc12. The molecule has 1 aliphatic heterocycles. The molecule has 8 heteroatoms. The predicted octanol–water partition coefficient (Wildman–Crippen LogP) is 4.92. The lowest BCUT2D eigenvalue weighted by Crippen LogP contribution is -2.54. The second-order valence-corrected chi connectivity index (χ2v) is 8.24. The molecule has 2 heterocycles. The Balaban J connectivity index is 1.41. The van der Waals surface area contributed by atoms with Gasteiger partial charge >= 0.3 is 6.03 Å². The van der Waals surface area contributed by atoms with Crippen LogP contribution in [0.1, 0.15) is 12.0 Å². The number of barbiturate groups is 1. The Morgan fingerprint density at radius 2 is 1.61 bits per heavy atom. The van der Waals surface area contributed by atoms with Gasteiger partial charge in [-0.25, -0.2) is 14.1 Å². The molecule has 36 heavy (non-hydrogen) atoms. The van der Waals surface area contributed by atoms with Crippen molar-refractivity contribution < 1.29 is 23.5 Å². The molecule has 1 aromatic heterocycles. The fraction of sp³-hybridized carbons (Fsp3) is 0.107. The summed E-state index contributed by atoms with van der Waals surface area (Å²) in [6.07, 6.45) is 4.11. The van der Waals surface area contributed by atoms with Crippen molar-refractivity contribution in [3.05, 3.63) is 102 Å². The van der Waals surface area contributed by atoms with E-state index in [4.69, 9.17) is 4.74 Å². The fourth-order valence-corrected chi connectivity index (χ4v) is 4.15. The molecule has 4 amide bonds. The lowest BCUT2D eigenvalue weighted by atomic mass is 10.1. The van der Waals surface area contributed by atoms with Crippen molar-refractivity contribution in [1.82, 2.24) is 9.88 Å². The number of nitrogens with one attached hydrogen (secondary N) is 1. The fourth-order valence-electron chi connectivity index (χ4n) is 4.15. The van der Waals surface area contributed by atoms with E-state index in [1.165, 1.54) is 18.2 Å². The molecule has 7 nitrogen and oxygen atoms in total. The summed E-state index contributed by atoms with van der Waals surface area (Å²) >= 11 is 0. The number of hydrogen-bond donors (Lipinski definition) is 1. The maximum absolute atomic E-state index is 13.3. The van der Waals surface area contributed by atoms with E-state index in [2.05, 4.69) is 5.32 Å². The Morgan fingerprint density at radius 3 is 2.39 bits per heavy atom. The normalized spacial score (nSPS) is 15.0. The number of ether oxygens (including phenoxy) is 1. The Hall–Kier alpha value is -4.72. The van der Waals surface area contributed by atoms with Crippen molar-refractivity contribution in [2.24, 2.45) is 0 Å². The molecule has 4 aromatic rings. The molecular formula is C28H22FN3O4. The van der Waals surface area contributed by atoms with Gasteiger partial charge in [0.05, 0.1) is 12.3 Å². The third-order valence-electron chi connectivity index (χ3n) is 5.86. The van der Waals surface area contributed by atoms with Crippen LogP contribution >= 0.6 is 0 Å². The van der Waals surface area contributed by atoms with Crippen LogP contribution in [0.25, 0.3) is 17.0 Å². The van der Waals surface area contributed by atoms with Gasteiger partial charge in [-0.05, 0) is 55.0 Å². The van der Waals surface area contributed by atoms with Crippen molar-refractivity contribution in [2.45, 2.75) is 13.0 Å². The number of carbonyl (C=O) groups excluding carboxylic acids is 3. The van der Waals surface area contributed by atoms with Crippen molar-refractivity contribution in [3.8, 4) is 5.75 Å². The number of benzene rings is 3. The molecule has 1 fully saturated rings. The number of urea groups is 1. The molecule has 1 aliphatic rings. The topological polar surface area (TPSA) is 80.6 Å². The van der Waals surface area contributed by atoms with Gasteiger partial charge in [-0.3, -0.25) is 14.9 Å². The molecule has 0 bridgehead atoms. The summed E-state index contributed by atoms with van der Waals surface area (Å²) in [7, 11) is 0. The van der Waals surface area contributed by atoms with Gasteiger partial charge < -0.3 is 9.30 Å². The molecule has 0 atom stereocenters. The first-order valence-electron chi connectivity index (χ1n) is 11.4. The molecule has 1 N–H and O–H groups in total. The number of halogens is 1. The number of anilines is 1. The smallest absolute Gasteiger partial charge is 0.335 e. The monoisotopic (exact) mass is 483 g/mol. The molecule has 0 saturated carbocycles. The zero-order chi connectivity index (χ0) is 25.1. The van der Waals surface area contributed by atoms with Crippen LogP contribution in [0.5, 0.6) is 5.75 Å². The summed E-state index contributed by atoms with van der Waals surface area (Å²) in [5.74, 6) is -1.25. The summed E-state index contributed by atoms with van der Waals surface area (Å²) in [6, 6.07) is 21.3. The first-order chi connectivity index (χ1) is 17.5. The number of para-hydroxylation sites is 2. The third-order valence-corrected chi connectivity index (χ3v) is 5.86. The van der Waals surface area contributed by atoms with Crippen molar-refractivity contribution in [2.75, 3.05) is 11.5 Å².